The van der Waals surface area contributed by atoms with Crippen molar-refractivity contribution in [3.8, 4) is 0 Å². The maximum atomic E-state index is 15.6. The van der Waals surface area contributed by atoms with Gasteiger partial charge in [0.15, 0.2) is 0 Å². The number of ether oxygens (including phenoxy) is 1. The molecular weight excluding hydrogens is 530 g/mol. The SMILES string of the molecule is Cc1cn([C@@]2(F)CO[C@](CCl)(COP(=O)(O)OP(=O)(O)OP(=O)(O)O)[C@H]2O)c(=O)nc1N. The summed E-state index contributed by atoms with van der Waals surface area (Å²) >= 11 is 5.72. The van der Waals surface area contributed by atoms with Crippen LogP contribution in [0.4, 0.5) is 10.2 Å². The lowest BCUT2D eigenvalue weighted by Gasteiger charge is -2.33. The van der Waals surface area contributed by atoms with Gasteiger partial charge in [0, 0.05) is 11.8 Å². The van der Waals surface area contributed by atoms with E-state index in [9.17, 15) is 28.5 Å². The van der Waals surface area contributed by atoms with E-state index in [0.717, 1.165) is 6.20 Å². The molecule has 0 bridgehead atoms. The van der Waals surface area contributed by atoms with E-state index in [-0.39, 0.29) is 11.4 Å². The number of anilines is 1. The second kappa shape index (κ2) is 9.12. The van der Waals surface area contributed by atoms with Crippen LogP contribution in [-0.2, 0) is 37.4 Å². The van der Waals surface area contributed by atoms with Crippen LogP contribution in [0.2, 0.25) is 0 Å². The fourth-order valence-corrected chi connectivity index (χ4v) is 5.98. The number of rotatable bonds is 9. The molecule has 1 fully saturated rings. The Morgan fingerprint density at radius 2 is 1.91 bits per heavy atom. The smallest absolute Gasteiger partial charge is 0.384 e. The largest absolute Gasteiger partial charge is 0.490 e. The van der Waals surface area contributed by atoms with E-state index in [1.165, 1.54) is 6.92 Å². The summed E-state index contributed by atoms with van der Waals surface area (Å²) in [5.74, 6) is -3.97. The second-order valence-electron chi connectivity index (χ2n) is 6.53. The van der Waals surface area contributed by atoms with Gasteiger partial charge in [-0.15, -0.1) is 11.6 Å². The van der Waals surface area contributed by atoms with Crippen LogP contribution in [-0.4, -0.2) is 65.0 Å². The van der Waals surface area contributed by atoms with E-state index in [1.54, 1.807) is 0 Å². The molecule has 184 valence electrons. The zero-order valence-electron chi connectivity index (χ0n) is 15.8. The number of nitrogens with zero attached hydrogens (tertiary/aromatic N) is 2. The predicted molar refractivity (Wildman–Crippen MR) is 102 cm³/mol. The number of hydrogen-bond acceptors (Lipinski definition) is 11. The van der Waals surface area contributed by atoms with Gasteiger partial charge >= 0.3 is 29.2 Å². The molecular formula is C11H18ClFN3O13P3. The monoisotopic (exact) mass is 547 g/mol. The van der Waals surface area contributed by atoms with Crippen LogP contribution < -0.4 is 11.4 Å². The third-order valence-corrected chi connectivity index (χ3v) is 8.38. The van der Waals surface area contributed by atoms with E-state index < -0.39 is 65.7 Å². The molecule has 1 aromatic heterocycles. The highest BCUT2D eigenvalue weighted by atomic mass is 35.5. The number of phosphoric acid groups is 3. The van der Waals surface area contributed by atoms with Gasteiger partial charge < -0.3 is 35.2 Å². The molecule has 32 heavy (non-hydrogen) atoms. The molecule has 7 N–H and O–H groups in total. The minimum absolute atomic E-state index is 0.172. The first-order chi connectivity index (χ1) is 14.4. The predicted octanol–water partition coefficient (Wildman–Crippen LogP) is -0.532. The zero-order chi connectivity index (χ0) is 24.8. The number of aromatic nitrogens is 2. The Labute approximate surface area is 183 Å². The molecule has 0 spiro atoms. The first-order valence-electron chi connectivity index (χ1n) is 8.08. The number of aliphatic hydroxyl groups excluding tert-OH is 1. The molecule has 2 rings (SSSR count). The molecule has 1 aliphatic rings. The number of nitrogens with two attached hydrogens (primary N) is 1. The van der Waals surface area contributed by atoms with Gasteiger partial charge in [-0.05, 0) is 6.92 Å². The van der Waals surface area contributed by atoms with Gasteiger partial charge in [-0.1, -0.05) is 0 Å². The van der Waals surface area contributed by atoms with Gasteiger partial charge in [0.25, 0.3) is 0 Å². The van der Waals surface area contributed by atoms with Crippen molar-refractivity contribution in [1.29, 1.82) is 0 Å². The van der Waals surface area contributed by atoms with Crippen LogP contribution in [0.15, 0.2) is 11.0 Å². The Morgan fingerprint density at radius 3 is 2.44 bits per heavy atom. The topological polar surface area (TPSA) is 250 Å². The summed E-state index contributed by atoms with van der Waals surface area (Å²) in [5.41, 5.74) is 2.15. The van der Waals surface area contributed by atoms with E-state index in [4.69, 9.17) is 36.8 Å². The van der Waals surface area contributed by atoms with Gasteiger partial charge in [0.05, 0.1) is 12.5 Å². The lowest BCUT2D eigenvalue weighted by Crippen LogP contribution is -2.55. The molecule has 1 aromatic rings. The Balaban J connectivity index is 2.25. The number of alkyl halides is 2. The molecule has 0 amide bonds. The zero-order valence-corrected chi connectivity index (χ0v) is 19.3. The first kappa shape index (κ1) is 27.5. The summed E-state index contributed by atoms with van der Waals surface area (Å²) in [6.07, 6.45) is -1.37. The lowest BCUT2D eigenvalue weighted by atomic mass is 9.95. The third kappa shape index (κ3) is 6.02. The van der Waals surface area contributed by atoms with E-state index in [0.29, 0.717) is 4.57 Å². The molecule has 0 aromatic carbocycles. The quantitative estimate of drug-likeness (QED) is 0.168. The van der Waals surface area contributed by atoms with Crippen LogP contribution in [0.25, 0.3) is 0 Å². The van der Waals surface area contributed by atoms with Crippen LogP contribution in [0.1, 0.15) is 5.56 Å². The van der Waals surface area contributed by atoms with Gasteiger partial charge in [0.1, 0.15) is 24.1 Å². The Morgan fingerprint density at radius 1 is 1.31 bits per heavy atom. The molecule has 21 heteroatoms. The Bertz CT molecular complexity index is 1080. The number of aliphatic hydroxyl groups is 1. The van der Waals surface area contributed by atoms with E-state index >= 15 is 4.39 Å². The van der Waals surface area contributed by atoms with Crippen LogP contribution in [0.3, 0.4) is 0 Å². The molecule has 5 atom stereocenters. The summed E-state index contributed by atoms with van der Waals surface area (Å²) in [4.78, 5) is 51.2. The maximum absolute atomic E-state index is 15.6. The molecule has 0 aliphatic carbocycles. The number of halogens is 2. The molecule has 2 heterocycles. The lowest BCUT2D eigenvalue weighted by molar-refractivity contribution is -0.0926. The van der Waals surface area contributed by atoms with Crippen LogP contribution in [0, 0.1) is 6.92 Å². The van der Waals surface area contributed by atoms with Crippen molar-refractivity contribution in [3.05, 3.63) is 22.2 Å². The van der Waals surface area contributed by atoms with Gasteiger partial charge in [-0.3, -0.25) is 9.09 Å². The summed E-state index contributed by atoms with van der Waals surface area (Å²) in [5, 5.41) is 10.6. The van der Waals surface area contributed by atoms with Crippen molar-refractivity contribution in [2.24, 2.45) is 0 Å². The highest BCUT2D eigenvalue weighted by Gasteiger charge is 2.61. The minimum Gasteiger partial charge on any atom is -0.384 e. The van der Waals surface area contributed by atoms with Crippen molar-refractivity contribution < 1.29 is 60.6 Å². The Hall–Kier alpha value is -0.770. The normalized spacial score (nSPS) is 30.1. The molecule has 0 saturated carbocycles. The molecule has 1 saturated heterocycles. The summed E-state index contributed by atoms with van der Waals surface area (Å²) in [6.45, 7) is -0.858. The van der Waals surface area contributed by atoms with Crippen molar-refractivity contribution >= 4 is 40.9 Å². The first-order valence-corrected chi connectivity index (χ1v) is 13.1. The second-order valence-corrected chi connectivity index (χ2v) is 11.2. The van der Waals surface area contributed by atoms with Crippen molar-refractivity contribution in [1.82, 2.24) is 9.55 Å². The summed E-state index contributed by atoms with van der Waals surface area (Å²) in [6, 6.07) is 0. The van der Waals surface area contributed by atoms with Crippen molar-refractivity contribution in [3.63, 3.8) is 0 Å². The number of hydrogen-bond donors (Lipinski definition) is 6. The number of phosphoric ester groups is 1. The van der Waals surface area contributed by atoms with Crippen LogP contribution in [0.5, 0.6) is 0 Å². The van der Waals surface area contributed by atoms with Crippen molar-refractivity contribution in [2.75, 3.05) is 24.8 Å². The molecule has 0 radical (unpaired) electrons. The molecule has 2 unspecified atom stereocenters. The van der Waals surface area contributed by atoms with E-state index in [1.807, 2.05) is 0 Å². The fourth-order valence-electron chi connectivity index (χ4n) is 2.60. The maximum Gasteiger partial charge on any atom is 0.490 e. The standard InChI is InChI=1S/C11H18ClFN3O13P3/c1-6-2-16(9(18)15-7(6)14)11(13)5-26-10(3-12,8(11)17)4-27-31(22,23)29-32(24,25)28-30(19,20)21/h2,8,17H,3-5H2,1H3,(H,22,23)(H,24,25)(H2,14,15,18)(H2,19,20,21)/t8-,10-,11+/m1/s1. The van der Waals surface area contributed by atoms with Crippen molar-refractivity contribution in [2.45, 2.75) is 24.4 Å². The highest BCUT2D eigenvalue weighted by molar-refractivity contribution is 7.66. The number of nitrogen functional groups attached to an aromatic ring is 1. The highest BCUT2D eigenvalue weighted by Crippen LogP contribution is 2.66. The van der Waals surface area contributed by atoms with Gasteiger partial charge in [0.2, 0.25) is 5.79 Å². The van der Waals surface area contributed by atoms with Gasteiger partial charge in [-0.2, -0.15) is 13.6 Å². The summed E-state index contributed by atoms with van der Waals surface area (Å²) < 4.78 is 66.5. The molecule has 16 nitrogen and oxygen atoms in total. The Kier molecular flexibility index (Phi) is 7.83. The van der Waals surface area contributed by atoms with E-state index in [2.05, 4.69) is 18.1 Å². The average Bonchev–Trinajstić information content (AvgIpc) is 2.86. The minimum atomic E-state index is -5.81. The fraction of sp³-hybridized carbons (Fsp3) is 0.636. The molecule has 1 aliphatic heterocycles. The third-order valence-electron chi connectivity index (χ3n) is 4.14. The number of aryl methyl sites for hydroxylation is 1. The van der Waals surface area contributed by atoms with Crippen LogP contribution >= 0.6 is 35.1 Å². The van der Waals surface area contributed by atoms with Gasteiger partial charge in [-0.25, -0.2) is 22.9 Å². The summed E-state index contributed by atoms with van der Waals surface area (Å²) in [7, 11) is -17.0. The average molecular weight is 548 g/mol.